The van der Waals surface area contributed by atoms with E-state index < -0.39 is 5.25 Å². The molecule has 74 valence electrons. The van der Waals surface area contributed by atoms with E-state index >= 15 is 0 Å². The van der Waals surface area contributed by atoms with Gasteiger partial charge in [-0.1, -0.05) is 5.21 Å². The molecular formula is C7H8N4O2S. The van der Waals surface area contributed by atoms with E-state index in [-0.39, 0.29) is 17.6 Å². The molecule has 1 aliphatic rings. The van der Waals surface area contributed by atoms with E-state index in [1.54, 1.807) is 13.2 Å². The van der Waals surface area contributed by atoms with Gasteiger partial charge in [-0.15, -0.1) is 16.9 Å². The number of aromatic nitrogens is 3. The minimum absolute atomic E-state index is 0.250. The van der Waals surface area contributed by atoms with E-state index in [1.807, 2.05) is 0 Å². The van der Waals surface area contributed by atoms with Crippen molar-refractivity contribution < 1.29 is 9.59 Å². The summed E-state index contributed by atoms with van der Waals surface area (Å²) < 4.78 is 1.53. The highest BCUT2D eigenvalue weighted by Gasteiger charge is 2.30. The van der Waals surface area contributed by atoms with Crippen LogP contribution in [0.25, 0.3) is 0 Å². The summed E-state index contributed by atoms with van der Waals surface area (Å²) in [5, 5.41) is 9.41. The first-order valence-electron chi connectivity index (χ1n) is 3.98. The topological polar surface area (TPSA) is 76.9 Å². The zero-order valence-corrected chi connectivity index (χ0v) is 8.24. The monoisotopic (exact) mass is 212 g/mol. The molecule has 0 aromatic carbocycles. The van der Waals surface area contributed by atoms with Crippen molar-refractivity contribution in [3.05, 3.63) is 11.9 Å². The molecule has 0 radical (unpaired) electrons. The number of carbonyl (C=O) groups excluding carboxylic acids is 2. The van der Waals surface area contributed by atoms with Gasteiger partial charge in [0.25, 0.3) is 0 Å². The second-order valence-electron chi connectivity index (χ2n) is 2.92. The number of carbonyl (C=O) groups is 2. The second-order valence-corrected chi connectivity index (χ2v) is 4.01. The molecule has 1 N–H and O–H groups in total. The molecule has 7 heteroatoms. The fourth-order valence-electron chi connectivity index (χ4n) is 1.18. The molecule has 1 aromatic heterocycles. The number of nitrogens with one attached hydrogen (secondary N) is 1. The van der Waals surface area contributed by atoms with E-state index in [9.17, 15) is 9.59 Å². The summed E-state index contributed by atoms with van der Waals surface area (Å²) in [7, 11) is 1.73. The molecule has 2 amide bonds. The largest absolute Gasteiger partial charge is 0.294 e. The summed E-state index contributed by atoms with van der Waals surface area (Å²) >= 11 is 1.27. The van der Waals surface area contributed by atoms with E-state index in [4.69, 9.17) is 0 Å². The third kappa shape index (κ3) is 1.63. The molecular weight excluding hydrogens is 204 g/mol. The van der Waals surface area contributed by atoms with Crippen LogP contribution in [0.2, 0.25) is 0 Å². The van der Waals surface area contributed by atoms with Crippen LogP contribution >= 0.6 is 11.8 Å². The number of hydrogen-bond acceptors (Lipinski definition) is 5. The predicted molar refractivity (Wildman–Crippen MR) is 49.4 cm³/mol. The lowest BCUT2D eigenvalue weighted by Crippen LogP contribution is -2.39. The molecule has 14 heavy (non-hydrogen) atoms. The highest BCUT2D eigenvalue weighted by molar-refractivity contribution is 8.01. The fraction of sp³-hybridized carbons (Fsp3) is 0.429. The standard InChI is InChI=1S/C7H8N4O2S/c1-11-2-4(9-10-11)6-7(13)8-5(12)3-14-6/h2,6H,3H2,1H3,(H,8,12,13). The van der Waals surface area contributed by atoms with Gasteiger partial charge in [-0.05, 0) is 0 Å². The van der Waals surface area contributed by atoms with E-state index in [0.717, 1.165) is 0 Å². The van der Waals surface area contributed by atoms with Gasteiger partial charge in [0, 0.05) is 13.2 Å². The number of nitrogens with zero attached hydrogens (tertiary/aromatic N) is 3. The molecule has 1 unspecified atom stereocenters. The van der Waals surface area contributed by atoms with Crippen LogP contribution in [0.5, 0.6) is 0 Å². The van der Waals surface area contributed by atoms with Crippen molar-refractivity contribution in [1.82, 2.24) is 20.3 Å². The molecule has 2 heterocycles. The number of imide groups is 1. The highest BCUT2D eigenvalue weighted by atomic mass is 32.2. The number of aryl methyl sites for hydroxylation is 1. The molecule has 1 aliphatic heterocycles. The summed E-state index contributed by atoms with van der Waals surface area (Å²) in [5.41, 5.74) is 0.586. The quantitative estimate of drug-likeness (QED) is 0.619. The van der Waals surface area contributed by atoms with Gasteiger partial charge in [0.05, 0.1) is 5.75 Å². The SMILES string of the molecule is Cn1cc(C2SCC(=O)NC2=O)nn1. The summed E-state index contributed by atoms with van der Waals surface area (Å²) in [6, 6.07) is 0. The molecule has 0 aliphatic carbocycles. The van der Waals surface area contributed by atoms with Gasteiger partial charge in [-0.25, -0.2) is 0 Å². The average Bonchev–Trinajstić information content (AvgIpc) is 2.51. The van der Waals surface area contributed by atoms with Gasteiger partial charge in [-0.3, -0.25) is 19.6 Å². The number of amides is 2. The van der Waals surface area contributed by atoms with Crippen LogP contribution in [0.1, 0.15) is 10.9 Å². The van der Waals surface area contributed by atoms with E-state index in [0.29, 0.717) is 5.69 Å². The van der Waals surface area contributed by atoms with Gasteiger partial charge in [0.2, 0.25) is 11.8 Å². The van der Waals surface area contributed by atoms with Gasteiger partial charge < -0.3 is 0 Å². The van der Waals surface area contributed by atoms with Gasteiger partial charge >= 0.3 is 0 Å². The minimum atomic E-state index is -0.415. The molecule has 1 saturated heterocycles. The lowest BCUT2D eigenvalue weighted by Gasteiger charge is -2.17. The molecule has 2 rings (SSSR count). The maximum atomic E-state index is 11.4. The average molecular weight is 212 g/mol. The van der Waals surface area contributed by atoms with Crippen LogP contribution < -0.4 is 5.32 Å². The van der Waals surface area contributed by atoms with Crippen LogP contribution in [0.15, 0.2) is 6.20 Å². The maximum absolute atomic E-state index is 11.4. The van der Waals surface area contributed by atoms with E-state index in [2.05, 4.69) is 15.6 Å². The van der Waals surface area contributed by atoms with Crippen LogP contribution in [-0.2, 0) is 16.6 Å². The summed E-state index contributed by atoms with van der Waals surface area (Å²) in [4.78, 5) is 22.2. The third-order valence-corrected chi connectivity index (χ3v) is 2.99. The van der Waals surface area contributed by atoms with E-state index in [1.165, 1.54) is 16.4 Å². The smallest absolute Gasteiger partial charge is 0.245 e. The van der Waals surface area contributed by atoms with Gasteiger partial charge in [-0.2, -0.15) is 0 Å². The van der Waals surface area contributed by atoms with Crippen LogP contribution in [0, 0.1) is 0 Å². The van der Waals surface area contributed by atoms with Crippen LogP contribution in [-0.4, -0.2) is 32.6 Å². The van der Waals surface area contributed by atoms with Gasteiger partial charge in [0.15, 0.2) is 0 Å². The molecule has 1 aromatic rings. The second kappa shape index (κ2) is 3.41. The Morgan fingerprint density at radius 1 is 1.64 bits per heavy atom. The number of rotatable bonds is 1. The molecule has 0 bridgehead atoms. The van der Waals surface area contributed by atoms with Crippen LogP contribution in [0.3, 0.4) is 0 Å². The lowest BCUT2D eigenvalue weighted by molar-refractivity contribution is -0.129. The molecule has 0 spiro atoms. The Kier molecular flexibility index (Phi) is 2.24. The van der Waals surface area contributed by atoms with Crippen molar-refractivity contribution in [2.45, 2.75) is 5.25 Å². The predicted octanol–water partition coefficient (Wildman–Crippen LogP) is -0.754. The van der Waals surface area contributed by atoms with Crippen molar-refractivity contribution in [3.63, 3.8) is 0 Å². The summed E-state index contributed by atoms with van der Waals surface area (Å²) in [6.07, 6.45) is 1.67. The normalized spacial score (nSPS) is 22.2. The minimum Gasteiger partial charge on any atom is -0.294 e. The van der Waals surface area contributed by atoms with Crippen molar-refractivity contribution in [2.24, 2.45) is 7.05 Å². The Balaban J connectivity index is 2.19. The Bertz CT molecular complexity index is 389. The summed E-state index contributed by atoms with van der Waals surface area (Å²) in [5.74, 6) is -0.278. The fourth-order valence-corrected chi connectivity index (χ4v) is 2.06. The molecule has 6 nitrogen and oxygen atoms in total. The highest BCUT2D eigenvalue weighted by Crippen LogP contribution is 2.29. The van der Waals surface area contributed by atoms with Crippen LogP contribution in [0.4, 0.5) is 0 Å². The first-order chi connectivity index (χ1) is 6.66. The summed E-state index contributed by atoms with van der Waals surface area (Å²) in [6.45, 7) is 0. The first kappa shape index (κ1) is 9.20. The zero-order chi connectivity index (χ0) is 10.1. The number of thioether (sulfide) groups is 1. The van der Waals surface area contributed by atoms with Crippen molar-refractivity contribution >= 4 is 23.6 Å². The first-order valence-corrected chi connectivity index (χ1v) is 5.03. The lowest BCUT2D eigenvalue weighted by atomic mass is 10.3. The molecule has 0 saturated carbocycles. The molecule has 1 atom stereocenters. The Hall–Kier alpha value is -1.37. The Morgan fingerprint density at radius 3 is 3.00 bits per heavy atom. The van der Waals surface area contributed by atoms with Crippen molar-refractivity contribution in [3.8, 4) is 0 Å². The Morgan fingerprint density at radius 2 is 2.43 bits per heavy atom. The third-order valence-electron chi connectivity index (χ3n) is 1.77. The zero-order valence-electron chi connectivity index (χ0n) is 7.43. The number of hydrogen-bond donors (Lipinski definition) is 1. The Labute approximate surface area is 84.0 Å². The maximum Gasteiger partial charge on any atom is 0.245 e. The van der Waals surface area contributed by atoms with Crippen molar-refractivity contribution in [1.29, 1.82) is 0 Å². The van der Waals surface area contributed by atoms with Crippen molar-refractivity contribution in [2.75, 3.05) is 5.75 Å². The van der Waals surface area contributed by atoms with Gasteiger partial charge in [0.1, 0.15) is 10.9 Å². The molecule has 1 fully saturated rings.